The lowest BCUT2D eigenvalue weighted by Gasteiger charge is -2.46. The van der Waals surface area contributed by atoms with Gasteiger partial charge in [0.15, 0.2) is 0 Å². The van der Waals surface area contributed by atoms with Gasteiger partial charge < -0.3 is 15.0 Å². The molecule has 0 saturated carbocycles. The molecular formula is C19H26ClN3O2. The summed E-state index contributed by atoms with van der Waals surface area (Å²) >= 11 is 5.96. The van der Waals surface area contributed by atoms with Gasteiger partial charge in [0.1, 0.15) is 0 Å². The molecule has 1 spiro atoms. The number of amides is 2. The first-order valence-corrected chi connectivity index (χ1v) is 9.66. The predicted molar refractivity (Wildman–Crippen MR) is 97.8 cm³/mol. The highest BCUT2D eigenvalue weighted by molar-refractivity contribution is 6.30. The van der Waals surface area contributed by atoms with E-state index < -0.39 is 0 Å². The summed E-state index contributed by atoms with van der Waals surface area (Å²) in [5.41, 5.74) is 1.28. The Kier molecular flexibility index (Phi) is 4.89. The number of carbonyl (C=O) groups is 1. The number of nitrogens with zero attached hydrogens (tertiary/aromatic N) is 2. The van der Waals surface area contributed by atoms with Crippen LogP contribution in [0.5, 0.6) is 0 Å². The van der Waals surface area contributed by atoms with Gasteiger partial charge in [0, 0.05) is 50.5 Å². The Balaban J connectivity index is 1.37. The maximum Gasteiger partial charge on any atom is 0.318 e. The van der Waals surface area contributed by atoms with E-state index in [2.05, 4.69) is 27.2 Å². The molecule has 2 amide bonds. The Morgan fingerprint density at radius 1 is 1.16 bits per heavy atom. The molecule has 1 aromatic carbocycles. The third-order valence-corrected chi connectivity index (χ3v) is 6.22. The van der Waals surface area contributed by atoms with E-state index in [1.807, 2.05) is 12.1 Å². The molecule has 6 heteroatoms. The SMILES string of the molecule is O=C1NCC2(CCOCC2)N1C1CCN(Cc2ccc(Cl)cc2)CC1. The highest BCUT2D eigenvalue weighted by atomic mass is 35.5. The Morgan fingerprint density at radius 2 is 1.84 bits per heavy atom. The van der Waals surface area contributed by atoms with Crippen molar-refractivity contribution in [3.05, 3.63) is 34.9 Å². The Morgan fingerprint density at radius 3 is 2.52 bits per heavy atom. The fourth-order valence-electron chi connectivity index (χ4n) is 4.53. The summed E-state index contributed by atoms with van der Waals surface area (Å²) in [6, 6.07) is 8.57. The Bertz CT molecular complexity index is 608. The van der Waals surface area contributed by atoms with Gasteiger partial charge in [0.2, 0.25) is 0 Å². The minimum Gasteiger partial charge on any atom is -0.381 e. The zero-order chi connectivity index (χ0) is 17.3. The number of benzene rings is 1. The second-order valence-electron chi connectivity index (χ2n) is 7.50. The molecule has 1 N–H and O–H groups in total. The largest absolute Gasteiger partial charge is 0.381 e. The molecule has 0 aliphatic carbocycles. The maximum atomic E-state index is 12.5. The van der Waals surface area contributed by atoms with Crippen molar-refractivity contribution in [3.8, 4) is 0 Å². The van der Waals surface area contributed by atoms with Crippen LogP contribution in [0.1, 0.15) is 31.2 Å². The van der Waals surface area contributed by atoms with Crippen LogP contribution < -0.4 is 5.32 Å². The van der Waals surface area contributed by atoms with Gasteiger partial charge in [-0.1, -0.05) is 23.7 Å². The normalized spacial score (nSPS) is 24.7. The lowest BCUT2D eigenvalue weighted by atomic mass is 9.86. The first kappa shape index (κ1) is 17.1. The Labute approximate surface area is 154 Å². The lowest BCUT2D eigenvalue weighted by Crippen LogP contribution is -2.57. The van der Waals surface area contributed by atoms with Gasteiger partial charge in [0.25, 0.3) is 0 Å². The van der Waals surface area contributed by atoms with Gasteiger partial charge in [-0.2, -0.15) is 0 Å². The topological polar surface area (TPSA) is 44.8 Å². The Hall–Kier alpha value is -1.30. The lowest BCUT2D eigenvalue weighted by molar-refractivity contribution is -0.0158. The summed E-state index contributed by atoms with van der Waals surface area (Å²) in [5.74, 6) is 0. The van der Waals surface area contributed by atoms with Crippen LogP contribution in [0.15, 0.2) is 24.3 Å². The van der Waals surface area contributed by atoms with Gasteiger partial charge in [-0.25, -0.2) is 4.79 Å². The number of likely N-dealkylation sites (tertiary alicyclic amines) is 1. The molecule has 3 aliphatic heterocycles. The van der Waals surface area contributed by atoms with E-state index in [4.69, 9.17) is 16.3 Å². The number of carbonyl (C=O) groups excluding carboxylic acids is 1. The number of nitrogens with one attached hydrogen (secondary N) is 1. The standard InChI is InChI=1S/C19H26ClN3O2/c20-16-3-1-15(2-4-16)13-22-9-5-17(6-10-22)23-18(24)21-14-19(23)7-11-25-12-8-19/h1-4,17H,5-14H2,(H,21,24). The molecule has 1 aromatic rings. The van der Waals surface area contributed by atoms with E-state index in [0.29, 0.717) is 6.04 Å². The first-order valence-electron chi connectivity index (χ1n) is 9.28. The number of ether oxygens (including phenoxy) is 1. The molecule has 0 unspecified atom stereocenters. The number of piperidine rings is 1. The summed E-state index contributed by atoms with van der Waals surface area (Å²) in [7, 11) is 0. The number of hydrogen-bond acceptors (Lipinski definition) is 3. The van der Waals surface area contributed by atoms with Crippen molar-refractivity contribution in [1.29, 1.82) is 0 Å². The fraction of sp³-hybridized carbons (Fsp3) is 0.632. The van der Waals surface area contributed by atoms with Crippen LogP contribution in [-0.4, -0.2) is 60.3 Å². The zero-order valence-electron chi connectivity index (χ0n) is 14.5. The second kappa shape index (κ2) is 7.14. The third-order valence-electron chi connectivity index (χ3n) is 5.96. The van der Waals surface area contributed by atoms with E-state index in [0.717, 1.165) is 70.1 Å². The average Bonchev–Trinajstić information content (AvgIpc) is 2.94. The number of halogens is 1. The van der Waals surface area contributed by atoms with Crippen molar-refractivity contribution < 1.29 is 9.53 Å². The van der Waals surface area contributed by atoms with E-state index in [9.17, 15) is 4.79 Å². The van der Waals surface area contributed by atoms with Crippen LogP contribution in [0, 0.1) is 0 Å². The summed E-state index contributed by atoms with van der Waals surface area (Å²) in [5, 5.41) is 3.87. The molecule has 5 nitrogen and oxygen atoms in total. The molecule has 3 heterocycles. The first-order chi connectivity index (χ1) is 12.2. The second-order valence-corrected chi connectivity index (χ2v) is 7.94. The van der Waals surface area contributed by atoms with Crippen molar-refractivity contribution in [1.82, 2.24) is 15.1 Å². The molecule has 3 aliphatic rings. The molecule has 0 radical (unpaired) electrons. The molecular weight excluding hydrogens is 338 g/mol. The van der Waals surface area contributed by atoms with Gasteiger partial charge >= 0.3 is 6.03 Å². The van der Waals surface area contributed by atoms with E-state index in [1.165, 1.54) is 5.56 Å². The molecule has 3 fully saturated rings. The summed E-state index contributed by atoms with van der Waals surface area (Å²) in [6.07, 6.45) is 4.00. The van der Waals surface area contributed by atoms with Crippen LogP contribution in [-0.2, 0) is 11.3 Å². The van der Waals surface area contributed by atoms with E-state index >= 15 is 0 Å². The smallest absolute Gasteiger partial charge is 0.318 e. The molecule has 0 atom stereocenters. The predicted octanol–water partition coefficient (Wildman–Crippen LogP) is 2.88. The van der Waals surface area contributed by atoms with Crippen molar-refractivity contribution in [3.63, 3.8) is 0 Å². The molecule has 4 rings (SSSR count). The van der Waals surface area contributed by atoms with Gasteiger partial charge in [-0.15, -0.1) is 0 Å². The molecule has 25 heavy (non-hydrogen) atoms. The maximum absolute atomic E-state index is 12.5. The van der Waals surface area contributed by atoms with Gasteiger partial charge in [-0.3, -0.25) is 4.90 Å². The van der Waals surface area contributed by atoms with Crippen molar-refractivity contribution in [2.45, 2.75) is 43.8 Å². The number of urea groups is 1. The summed E-state index contributed by atoms with van der Waals surface area (Å²) in [6.45, 7) is 5.32. The average molecular weight is 364 g/mol. The van der Waals surface area contributed by atoms with Crippen LogP contribution in [0.4, 0.5) is 4.79 Å². The monoisotopic (exact) mass is 363 g/mol. The number of hydrogen-bond donors (Lipinski definition) is 1. The van der Waals surface area contributed by atoms with Gasteiger partial charge in [-0.05, 0) is 43.4 Å². The quantitative estimate of drug-likeness (QED) is 0.898. The highest BCUT2D eigenvalue weighted by Crippen LogP contribution is 2.35. The van der Waals surface area contributed by atoms with E-state index in [1.54, 1.807) is 0 Å². The van der Waals surface area contributed by atoms with Crippen LogP contribution in [0.3, 0.4) is 0 Å². The van der Waals surface area contributed by atoms with Crippen molar-refractivity contribution in [2.24, 2.45) is 0 Å². The van der Waals surface area contributed by atoms with Crippen LogP contribution in [0.25, 0.3) is 0 Å². The third kappa shape index (κ3) is 3.50. The molecule has 3 saturated heterocycles. The van der Waals surface area contributed by atoms with E-state index in [-0.39, 0.29) is 11.6 Å². The van der Waals surface area contributed by atoms with Crippen LogP contribution in [0.2, 0.25) is 5.02 Å². The molecule has 0 bridgehead atoms. The van der Waals surface area contributed by atoms with Crippen molar-refractivity contribution >= 4 is 17.6 Å². The van der Waals surface area contributed by atoms with Crippen molar-refractivity contribution in [2.75, 3.05) is 32.8 Å². The minimum atomic E-state index is -0.0155. The molecule has 0 aromatic heterocycles. The fourth-order valence-corrected chi connectivity index (χ4v) is 4.66. The zero-order valence-corrected chi connectivity index (χ0v) is 15.3. The molecule has 136 valence electrons. The van der Waals surface area contributed by atoms with Crippen LogP contribution >= 0.6 is 11.6 Å². The van der Waals surface area contributed by atoms with Gasteiger partial charge in [0.05, 0.1) is 5.54 Å². The number of rotatable bonds is 3. The summed E-state index contributed by atoms with van der Waals surface area (Å²) in [4.78, 5) is 17.2. The highest BCUT2D eigenvalue weighted by Gasteiger charge is 2.49. The minimum absolute atomic E-state index is 0.0155. The summed E-state index contributed by atoms with van der Waals surface area (Å²) < 4.78 is 5.54.